The largest absolute Gasteiger partial charge is 0.488 e. The molecule has 0 amide bonds. The Balaban J connectivity index is 1.99. The van der Waals surface area contributed by atoms with Crippen LogP contribution in [-0.2, 0) is 0 Å². The summed E-state index contributed by atoms with van der Waals surface area (Å²) in [5, 5.41) is 3.37. The summed E-state index contributed by atoms with van der Waals surface area (Å²) in [7, 11) is 0. The number of hydrogen-bond donors (Lipinski definition) is 1. The van der Waals surface area contributed by atoms with Gasteiger partial charge in [-0.25, -0.2) is 0 Å². The number of hydrogen-bond acceptors (Lipinski definition) is 3. The zero-order chi connectivity index (χ0) is 17.1. The maximum absolute atomic E-state index is 5.82. The molecule has 0 unspecified atom stereocenters. The fraction of sp³-hybridized carbons (Fsp3) is 0.400. The molecule has 0 spiro atoms. The van der Waals surface area contributed by atoms with Crippen molar-refractivity contribution >= 4 is 11.4 Å². The summed E-state index contributed by atoms with van der Waals surface area (Å²) in [6.45, 7) is 12.3. The summed E-state index contributed by atoms with van der Waals surface area (Å²) >= 11 is 0. The van der Waals surface area contributed by atoms with Crippen molar-refractivity contribution in [2.45, 2.75) is 52.7 Å². The molecule has 0 bridgehead atoms. The lowest BCUT2D eigenvalue weighted by atomic mass is 10.2. The number of anilines is 2. The van der Waals surface area contributed by atoms with Crippen LogP contribution in [0.15, 0.2) is 48.5 Å². The van der Waals surface area contributed by atoms with Crippen molar-refractivity contribution in [1.82, 2.24) is 0 Å². The van der Waals surface area contributed by atoms with E-state index in [0.29, 0.717) is 0 Å². The highest BCUT2D eigenvalue weighted by atomic mass is 16.5. The molecule has 3 heteroatoms. The normalized spacial score (nSPS) is 11.9. The van der Waals surface area contributed by atoms with E-state index in [4.69, 9.17) is 9.47 Å². The van der Waals surface area contributed by atoms with Crippen molar-refractivity contribution in [3.8, 4) is 11.5 Å². The van der Waals surface area contributed by atoms with Crippen LogP contribution in [0.25, 0.3) is 0 Å². The fourth-order valence-corrected chi connectivity index (χ4v) is 2.09. The molecule has 3 nitrogen and oxygen atoms in total. The van der Waals surface area contributed by atoms with Crippen molar-refractivity contribution < 1.29 is 9.47 Å². The number of nitrogens with one attached hydrogen (secondary N) is 1. The Bertz CT molecular complexity index is 559. The minimum atomic E-state index is -0.183. The molecule has 0 fully saturated rings. The first kappa shape index (κ1) is 17.2. The molecule has 2 aromatic carbocycles. The van der Waals surface area contributed by atoms with Crippen LogP contribution < -0.4 is 14.8 Å². The summed E-state index contributed by atoms with van der Waals surface area (Å²) in [6.07, 6.45) is 0. The number of rotatable bonds is 4. The molecule has 0 radical (unpaired) electrons. The standard InChI is InChI=1S/C20H27NO2/c1-19(2,3)22-17-11-7-15(8-12-17)21-16-9-13-18(14-10-16)23-20(4,5)6/h7-14,21H,1-6H3. The van der Waals surface area contributed by atoms with Gasteiger partial charge in [0, 0.05) is 11.4 Å². The smallest absolute Gasteiger partial charge is 0.120 e. The minimum absolute atomic E-state index is 0.183. The van der Waals surface area contributed by atoms with E-state index in [2.05, 4.69) is 5.32 Å². The highest BCUT2D eigenvalue weighted by molar-refractivity contribution is 5.61. The Morgan fingerprint density at radius 2 is 0.870 bits per heavy atom. The Morgan fingerprint density at radius 1 is 0.565 bits per heavy atom. The van der Waals surface area contributed by atoms with Crippen LogP contribution in [0.1, 0.15) is 41.5 Å². The monoisotopic (exact) mass is 313 g/mol. The van der Waals surface area contributed by atoms with Gasteiger partial charge in [-0.15, -0.1) is 0 Å². The zero-order valence-corrected chi connectivity index (χ0v) is 14.9. The van der Waals surface area contributed by atoms with E-state index in [1.807, 2.05) is 90.1 Å². The fourth-order valence-electron chi connectivity index (χ4n) is 2.09. The van der Waals surface area contributed by atoms with Crippen molar-refractivity contribution in [1.29, 1.82) is 0 Å². The third kappa shape index (κ3) is 6.23. The molecule has 23 heavy (non-hydrogen) atoms. The van der Waals surface area contributed by atoms with Gasteiger partial charge in [0.1, 0.15) is 22.7 Å². The lowest BCUT2D eigenvalue weighted by molar-refractivity contribution is 0.130. The second-order valence-electron chi connectivity index (χ2n) is 7.60. The second-order valence-corrected chi connectivity index (χ2v) is 7.60. The lowest BCUT2D eigenvalue weighted by Crippen LogP contribution is -2.22. The summed E-state index contributed by atoms with van der Waals surface area (Å²) in [6, 6.07) is 16.0. The van der Waals surface area contributed by atoms with Gasteiger partial charge in [0.05, 0.1) is 0 Å². The van der Waals surface area contributed by atoms with Gasteiger partial charge in [0.25, 0.3) is 0 Å². The van der Waals surface area contributed by atoms with Crippen LogP contribution in [0.3, 0.4) is 0 Å². The molecule has 0 aromatic heterocycles. The van der Waals surface area contributed by atoms with Crippen LogP contribution in [0, 0.1) is 0 Å². The molecular formula is C20H27NO2. The van der Waals surface area contributed by atoms with Crippen LogP contribution in [0.2, 0.25) is 0 Å². The zero-order valence-electron chi connectivity index (χ0n) is 14.9. The highest BCUT2D eigenvalue weighted by Crippen LogP contribution is 2.25. The van der Waals surface area contributed by atoms with Crippen LogP contribution in [0.4, 0.5) is 11.4 Å². The van der Waals surface area contributed by atoms with Crippen molar-refractivity contribution in [3.63, 3.8) is 0 Å². The molecule has 0 atom stereocenters. The first-order chi connectivity index (χ1) is 10.6. The lowest BCUT2D eigenvalue weighted by Gasteiger charge is -2.21. The first-order valence-corrected chi connectivity index (χ1v) is 7.96. The molecular weight excluding hydrogens is 286 g/mol. The van der Waals surface area contributed by atoms with Gasteiger partial charge in [-0.05, 0) is 90.1 Å². The van der Waals surface area contributed by atoms with Crippen LogP contribution >= 0.6 is 0 Å². The second kappa shape index (κ2) is 6.53. The first-order valence-electron chi connectivity index (χ1n) is 7.96. The maximum Gasteiger partial charge on any atom is 0.120 e. The minimum Gasteiger partial charge on any atom is -0.488 e. The van der Waals surface area contributed by atoms with Gasteiger partial charge < -0.3 is 14.8 Å². The predicted molar refractivity (Wildman–Crippen MR) is 96.9 cm³/mol. The van der Waals surface area contributed by atoms with Gasteiger partial charge in [0.2, 0.25) is 0 Å². The third-order valence-electron chi connectivity index (χ3n) is 2.85. The van der Waals surface area contributed by atoms with Crippen molar-refractivity contribution in [2.24, 2.45) is 0 Å². The van der Waals surface area contributed by atoms with E-state index in [1.54, 1.807) is 0 Å². The quantitative estimate of drug-likeness (QED) is 0.775. The maximum atomic E-state index is 5.82. The molecule has 0 heterocycles. The van der Waals surface area contributed by atoms with Crippen LogP contribution in [0.5, 0.6) is 11.5 Å². The molecule has 2 rings (SSSR count). The molecule has 0 aliphatic heterocycles. The molecule has 0 saturated carbocycles. The van der Waals surface area contributed by atoms with Gasteiger partial charge in [-0.2, -0.15) is 0 Å². The van der Waals surface area contributed by atoms with Gasteiger partial charge >= 0.3 is 0 Å². The van der Waals surface area contributed by atoms with Gasteiger partial charge in [-0.1, -0.05) is 0 Å². The molecule has 124 valence electrons. The van der Waals surface area contributed by atoms with Crippen molar-refractivity contribution in [3.05, 3.63) is 48.5 Å². The summed E-state index contributed by atoms with van der Waals surface area (Å²) < 4.78 is 11.6. The van der Waals surface area contributed by atoms with Crippen LogP contribution in [-0.4, -0.2) is 11.2 Å². The van der Waals surface area contributed by atoms with E-state index in [-0.39, 0.29) is 11.2 Å². The molecule has 1 N–H and O–H groups in total. The van der Waals surface area contributed by atoms with Crippen molar-refractivity contribution in [2.75, 3.05) is 5.32 Å². The van der Waals surface area contributed by atoms with E-state index in [9.17, 15) is 0 Å². The number of benzene rings is 2. The molecule has 0 aliphatic rings. The molecule has 0 saturated heterocycles. The Hall–Kier alpha value is -2.16. The summed E-state index contributed by atoms with van der Waals surface area (Å²) in [4.78, 5) is 0. The van der Waals surface area contributed by atoms with Gasteiger partial charge in [-0.3, -0.25) is 0 Å². The number of ether oxygens (including phenoxy) is 2. The third-order valence-corrected chi connectivity index (χ3v) is 2.85. The average molecular weight is 313 g/mol. The highest BCUT2D eigenvalue weighted by Gasteiger charge is 2.12. The SMILES string of the molecule is CC(C)(C)Oc1ccc(Nc2ccc(OC(C)(C)C)cc2)cc1. The summed E-state index contributed by atoms with van der Waals surface area (Å²) in [5.41, 5.74) is 1.68. The van der Waals surface area contributed by atoms with Gasteiger partial charge in [0.15, 0.2) is 0 Å². The van der Waals surface area contributed by atoms with E-state index in [0.717, 1.165) is 22.9 Å². The topological polar surface area (TPSA) is 30.5 Å². The van der Waals surface area contributed by atoms with E-state index >= 15 is 0 Å². The molecule has 2 aromatic rings. The summed E-state index contributed by atoms with van der Waals surface area (Å²) in [5.74, 6) is 1.74. The van der Waals surface area contributed by atoms with E-state index < -0.39 is 0 Å². The Morgan fingerprint density at radius 3 is 1.13 bits per heavy atom. The average Bonchev–Trinajstić information content (AvgIpc) is 2.40. The predicted octanol–water partition coefficient (Wildman–Crippen LogP) is 5.78. The van der Waals surface area contributed by atoms with E-state index in [1.165, 1.54) is 0 Å². The Kier molecular flexibility index (Phi) is 4.88. The Labute approximate surface area is 139 Å². The molecule has 0 aliphatic carbocycles.